The highest BCUT2D eigenvalue weighted by molar-refractivity contribution is 5.90. The van der Waals surface area contributed by atoms with Crippen LogP contribution in [0.2, 0.25) is 0 Å². The van der Waals surface area contributed by atoms with E-state index in [1.165, 1.54) is 54.6 Å². The third-order valence-corrected chi connectivity index (χ3v) is 12.6. The van der Waals surface area contributed by atoms with Crippen LogP contribution >= 0.6 is 0 Å². The maximum absolute atomic E-state index is 13.8. The zero-order chi connectivity index (χ0) is 55.0. The van der Waals surface area contributed by atoms with Gasteiger partial charge in [-0.2, -0.15) is 0 Å². The highest BCUT2D eigenvalue weighted by atomic mass is 16.8. The van der Waals surface area contributed by atoms with Crippen molar-refractivity contribution in [3.63, 3.8) is 0 Å². The summed E-state index contributed by atoms with van der Waals surface area (Å²) in [7, 11) is 0. The number of carbonyl (C=O) groups excluding carboxylic acids is 4. The van der Waals surface area contributed by atoms with Gasteiger partial charge in [0, 0.05) is 13.0 Å². The van der Waals surface area contributed by atoms with Gasteiger partial charge in [-0.1, -0.05) is 42.5 Å². The molecule has 4 aliphatic rings. The van der Waals surface area contributed by atoms with Gasteiger partial charge in [0.15, 0.2) is 42.6 Å². The van der Waals surface area contributed by atoms with Crippen molar-refractivity contribution in [1.29, 1.82) is 0 Å². The molecule has 27 nitrogen and oxygen atoms in total. The van der Waals surface area contributed by atoms with Gasteiger partial charge in [0.1, 0.15) is 92.6 Å². The number of aliphatic hydroxyl groups is 10. The first-order valence-corrected chi connectivity index (χ1v) is 23.5. The molecule has 19 unspecified atom stereocenters. The average molecular weight is 1080 g/mol. The van der Waals surface area contributed by atoms with Crippen molar-refractivity contribution < 1.29 is 133 Å². The van der Waals surface area contributed by atoms with Gasteiger partial charge in [-0.3, -0.25) is 4.79 Å². The molecule has 0 radical (unpaired) electrons. The van der Waals surface area contributed by atoms with Crippen LogP contribution in [-0.4, -0.2) is 234 Å². The van der Waals surface area contributed by atoms with E-state index in [4.69, 9.17) is 52.1 Å². The minimum Gasteiger partial charge on any atom is -0.504 e. The summed E-state index contributed by atoms with van der Waals surface area (Å²) in [6.07, 6.45) is -35.4. The Hall–Kier alpha value is -5.80. The maximum atomic E-state index is 13.8. The number of carbonyl (C=O) groups is 4. The third kappa shape index (κ3) is 13.1. The molecule has 0 amide bonds. The zero-order valence-corrected chi connectivity index (χ0v) is 40.1. The first-order valence-electron chi connectivity index (χ1n) is 23.5. The smallest absolute Gasteiger partial charge is 0.338 e. The maximum Gasteiger partial charge on any atom is 0.338 e. The predicted molar refractivity (Wildman–Crippen MR) is 245 cm³/mol. The third-order valence-electron chi connectivity index (χ3n) is 12.6. The Morgan fingerprint density at radius 2 is 1.12 bits per heavy atom. The molecule has 0 spiro atoms. The molecular weight excluding hydrogens is 1020 g/mol. The number of hydrogen-bond acceptors (Lipinski definition) is 27. The van der Waals surface area contributed by atoms with E-state index < -0.39 is 185 Å². The van der Waals surface area contributed by atoms with Crippen LogP contribution in [0.4, 0.5) is 0 Å². The van der Waals surface area contributed by atoms with Crippen LogP contribution in [0.15, 0.2) is 84.9 Å². The predicted octanol–water partition coefficient (Wildman–Crippen LogP) is -3.77. The Balaban J connectivity index is 1.37. The first-order chi connectivity index (χ1) is 36.3. The number of benzene rings is 3. The van der Waals surface area contributed by atoms with Crippen molar-refractivity contribution in [1.82, 2.24) is 0 Å². The molecule has 4 aliphatic heterocycles. The van der Waals surface area contributed by atoms with E-state index in [9.17, 15) is 80.5 Å². The van der Waals surface area contributed by atoms with Crippen molar-refractivity contribution in [3.8, 4) is 11.5 Å². The lowest BCUT2D eigenvalue weighted by atomic mass is 9.95. The Morgan fingerprint density at radius 3 is 1.70 bits per heavy atom. The number of phenols is 2. The van der Waals surface area contributed by atoms with Crippen LogP contribution in [-0.2, 0) is 61.7 Å². The van der Waals surface area contributed by atoms with Gasteiger partial charge in [0.05, 0.1) is 30.9 Å². The number of aliphatic hydroxyl groups excluding tert-OH is 10. The second-order valence-corrected chi connectivity index (χ2v) is 17.8. The topological polar surface area (TPSA) is 413 Å². The van der Waals surface area contributed by atoms with E-state index in [2.05, 4.69) is 0 Å². The molecule has 4 fully saturated rings. The molecule has 12 N–H and O–H groups in total. The molecule has 7 rings (SSSR count). The Labute approximate surface area is 431 Å². The second kappa shape index (κ2) is 25.6. The molecule has 19 atom stereocenters. The number of ether oxygens (including phenoxy) is 11. The highest BCUT2D eigenvalue weighted by Crippen LogP contribution is 2.42. The summed E-state index contributed by atoms with van der Waals surface area (Å²) >= 11 is 0. The lowest BCUT2D eigenvalue weighted by molar-refractivity contribution is -0.421. The number of hydrogen-bond donors (Lipinski definition) is 12. The summed E-state index contributed by atoms with van der Waals surface area (Å²) in [5.74, 6) is -8.23. The van der Waals surface area contributed by atoms with Crippen molar-refractivity contribution in [2.75, 3.05) is 33.0 Å². The largest absolute Gasteiger partial charge is 0.504 e. The zero-order valence-electron chi connectivity index (χ0n) is 40.1. The molecule has 0 bridgehead atoms. The molecule has 27 heteroatoms. The molecular formula is C49H58O27. The fourth-order valence-electron chi connectivity index (χ4n) is 8.58. The molecule has 0 aliphatic carbocycles. The molecule has 3 aromatic carbocycles. The fourth-order valence-corrected chi connectivity index (χ4v) is 8.58. The SMILES string of the molecule is CC(=O)OCC1OC(OC2C(OC(=O)C=Cc3ccc(O)c(O)c3)C(CO)OC(OC3(COC(=O)c4ccccc4)OC(CO)C(O)C3OC(=O)c3ccccc3)C2OC2OC(CO)C(O)C(O)C2O)C(O)C(O)C1O. The molecule has 0 aromatic heterocycles. The highest BCUT2D eigenvalue weighted by Gasteiger charge is 2.64. The van der Waals surface area contributed by atoms with E-state index in [1.54, 1.807) is 12.1 Å². The number of esters is 4. The lowest BCUT2D eigenvalue weighted by Gasteiger charge is -2.50. The van der Waals surface area contributed by atoms with Crippen LogP contribution in [0.1, 0.15) is 33.2 Å². The van der Waals surface area contributed by atoms with Crippen molar-refractivity contribution in [2.24, 2.45) is 0 Å². The van der Waals surface area contributed by atoms with Crippen LogP contribution in [0.25, 0.3) is 6.08 Å². The van der Waals surface area contributed by atoms with E-state index in [0.29, 0.717) is 0 Å². The summed E-state index contributed by atoms with van der Waals surface area (Å²) < 4.78 is 65.1. The van der Waals surface area contributed by atoms with Crippen molar-refractivity contribution in [3.05, 3.63) is 102 Å². The molecule has 4 saturated heterocycles. The fraction of sp³-hybridized carbons (Fsp3) is 0.510. The minimum atomic E-state index is -2.86. The van der Waals surface area contributed by atoms with Crippen molar-refractivity contribution >= 4 is 30.0 Å². The van der Waals surface area contributed by atoms with Gasteiger partial charge in [0.2, 0.25) is 5.79 Å². The molecule has 4 heterocycles. The summed E-state index contributed by atoms with van der Waals surface area (Å²) in [5, 5.41) is 130. The lowest BCUT2D eigenvalue weighted by Crippen LogP contribution is -2.69. The summed E-state index contributed by atoms with van der Waals surface area (Å²) in [6.45, 7) is -4.09. The Bertz CT molecular complexity index is 2440. The summed E-state index contributed by atoms with van der Waals surface area (Å²) in [5.41, 5.74) is 0.0162. The van der Waals surface area contributed by atoms with Crippen molar-refractivity contribution in [2.45, 2.75) is 123 Å². The number of aromatic hydroxyl groups is 2. The standard InChI is InChI=1S/C49H58O27/c1-22(53)66-20-31-34(58)37(61)39(63)47(70-31)72-41-40(71-32(56)15-13-23-12-14-26(54)27(55)16-23)30(19-52)69-48(42(41)73-46-38(62)36(60)33(57)28(17-50)68-46)76-49(21-67-44(64)24-8-4-2-5-9-24)43(35(59)29(18-51)75-49)74-45(65)25-10-6-3-7-11-25/h2-16,28-31,33-43,46-48,50-52,54-55,57-63H,17-21H2,1H3. The van der Waals surface area contributed by atoms with E-state index in [0.717, 1.165) is 31.2 Å². The van der Waals surface area contributed by atoms with Crippen LogP contribution in [0.3, 0.4) is 0 Å². The summed E-state index contributed by atoms with van der Waals surface area (Å²) in [4.78, 5) is 53.1. The Morgan fingerprint density at radius 1 is 0.566 bits per heavy atom. The molecule has 0 saturated carbocycles. The van der Waals surface area contributed by atoms with Crippen LogP contribution in [0, 0.1) is 0 Å². The van der Waals surface area contributed by atoms with E-state index in [1.807, 2.05) is 0 Å². The number of rotatable bonds is 19. The van der Waals surface area contributed by atoms with Gasteiger partial charge in [-0.15, -0.1) is 0 Å². The summed E-state index contributed by atoms with van der Waals surface area (Å²) in [6, 6.07) is 18.0. The second-order valence-electron chi connectivity index (χ2n) is 17.8. The first kappa shape index (κ1) is 57.9. The normalized spacial score (nSPS) is 35.6. The monoisotopic (exact) mass is 1080 g/mol. The average Bonchev–Trinajstić information content (AvgIpc) is 3.72. The van der Waals surface area contributed by atoms with Gasteiger partial charge in [-0.05, 0) is 48.0 Å². The van der Waals surface area contributed by atoms with E-state index >= 15 is 0 Å². The molecule has 76 heavy (non-hydrogen) atoms. The molecule has 416 valence electrons. The quantitative estimate of drug-likeness (QED) is 0.0237. The van der Waals surface area contributed by atoms with Crippen LogP contribution < -0.4 is 0 Å². The van der Waals surface area contributed by atoms with Gasteiger partial charge >= 0.3 is 23.9 Å². The van der Waals surface area contributed by atoms with Crippen LogP contribution in [0.5, 0.6) is 11.5 Å². The Kier molecular flexibility index (Phi) is 19.5. The van der Waals surface area contributed by atoms with Gasteiger partial charge < -0.3 is 113 Å². The molecule has 3 aromatic rings. The van der Waals surface area contributed by atoms with E-state index in [-0.39, 0.29) is 16.7 Å². The van der Waals surface area contributed by atoms with Gasteiger partial charge in [0.25, 0.3) is 0 Å². The van der Waals surface area contributed by atoms with Gasteiger partial charge in [-0.25, -0.2) is 14.4 Å². The minimum absolute atomic E-state index is 0.0365. The number of phenolic OH excluding ortho intramolecular Hbond substituents is 2.